The number of hydrogen-bond acceptors (Lipinski definition) is 7. The van der Waals surface area contributed by atoms with Crippen molar-refractivity contribution in [2.75, 3.05) is 39.4 Å². The van der Waals surface area contributed by atoms with E-state index in [0.29, 0.717) is 0 Å². The number of nitrogens with zero attached hydrogens (tertiary/aromatic N) is 2. The molecule has 0 atom stereocenters. The summed E-state index contributed by atoms with van der Waals surface area (Å²) in [5, 5.41) is 0. The molecule has 148 valence electrons. The molecule has 0 bridgehead atoms. The van der Waals surface area contributed by atoms with Crippen LogP contribution in [0.15, 0.2) is 29.2 Å². The summed E-state index contributed by atoms with van der Waals surface area (Å²) >= 11 is 0. The van der Waals surface area contributed by atoms with Gasteiger partial charge < -0.3 is 14.4 Å². The number of ether oxygens (including phenoxy) is 2. The molecule has 2 rings (SSSR count). The van der Waals surface area contributed by atoms with Gasteiger partial charge in [0.1, 0.15) is 0 Å². The summed E-state index contributed by atoms with van der Waals surface area (Å²) in [5.74, 6) is -1.42. The van der Waals surface area contributed by atoms with Crippen LogP contribution in [0.3, 0.4) is 0 Å². The van der Waals surface area contributed by atoms with Gasteiger partial charge in [-0.05, 0) is 31.2 Å². The normalized spacial score (nSPS) is 15.3. The second-order valence-electron chi connectivity index (χ2n) is 5.81. The Kier molecular flexibility index (Phi) is 6.92. The van der Waals surface area contributed by atoms with E-state index >= 15 is 0 Å². The highest BCUT2D eigenvalue weighted by Crippen LogP contribution is 2.19. The molecule has 0 saturated carbocycles. The van der Waals surface area contributed by atoms with E-state index in [0.717, 1.165) is 0 Å². The Bertz CT molecular complexity index is 797. The fraction of sp³-hybridized carbons (Fsp3) is 0.471. The molecule has 1 aromatic carbocycles. The summed E-state index contributed by atoms with van der Waals surface area (Å²) in [5.41, 5.74) is 0.275. The highest BCUT2D eigenvalue weighted by molar-refractivity contribution is 7.89. The van der Waals surface area contributed by atoms with Crippen molar-refractivity contribution in [2.45, 2.75) is 18.7 Å². The molecule has 27 heavy (non-hydrogen) atoms. The van der Waals surface area contributed by atoms with E-state index in [1.165, 1.54) is 40.4 Å². The molecule has 1 aliphatic rings. The van der Waals surface area contributed by atoms with Crippen molar-refractivity contribution in [2.24, 2.45) is 0 Å². The number of rotatable bonds is 6. The van der Waals surface area contributed by atoms with Gasteiger partial charge in [0.25, 0.3) is 5.91 Å². The lowest BCUT2D eigenvalue weighted by Crippen LogP contribution is -2.51. The molecule has 0 unspecified atom stereocenters. The smallest absolute Gasteiger partial charge is 0.338 e. The number of esters is 2. The van der Waals surface area contributed by atoms with E-state index in [4.69, 9.17) is 4.74 Å². The third-order valence-electron chi connectivity index (χ3n) is 3.99. The van der Waals surface area contributed by atoms with Crippen LogP contribution < -0.4 is 0 Å². The summed E-state index contributed by atoms with van der Waals surface area (Å²) in [4.78, 5) is 35.9. The van der Waals surface area contributed by atoms with Gasteiger partial charge in [-0.15, -0.1) is 0 Å². The number of amides is 1. The van der Waals surface area contributed by atoms with Crippen LogP contribution in [0.4, 0.5) is 0 Å². The van der Waals surface area contributed by atoms with Gasteiger partial charge in [0, 0.05) is 33.1 Å². The van der Waals surface area contributed by atoms with Gasteiger partial charge in [-0.2, -0.15) is 4.31 Å². The fourth-order valence-corrected chi connectivity index (χ4v) is 3.98. The number of benzene rings is 1. The number of piperazine rings is 1. The zero-order chi connectivity index (χ0) is 20.0. The Morgan fingerprint density at radius 3 is 2.11 bits per heavy atom. The fourth-order valence-electron chi connectivity index (χ4n) is 2.56. The van der Waals surface area contributed by atoms with E-state index < -0.39 is 22.0 Å². The topological polar surface area (TPSA) is 110 Å². The Hall–Kier alpha value is -2.46. The molecule has 0 N–H and O–H groups in total. The third kappa shape index (κ3) is 5.27. The lowest BCUT2D eigenvalue weighted by atomic mass is 10.2. The Labute approximate surface area is 157 Å². The Balaban J connectivity index is 1.99. The molecule has 0 aromatic heterocycles. The summed E-state index contributed by atoms with van der Waals surface area (Å²) in [6.45, 7) is 3.47. The lowest BCUT2D eigenvalue weighted by molar-refractivity contribution is -0.150. The molecule has 0 aliphatic carbocycles. The minimum absolute atomic E-state index is 0.0650. The number of carbonyl (C=O) groups excluding carboxylic acids is 3. The van der Waals surface area contributed by atoms with Crippen LogP contribution in [0.1, 0.15) is 24.2 Å². The average Bonchev–Trinajstić information content (AvgIpc) is 2.66. The van der Waals surface area contributed by atoms with Crippen LogP contribution in [0, 0.1) is 0 Å². The predicted octanol–water partition coefficient (Wildman–Crippen LogP) is 0.259. The van der Waals surface area contributed by atoms with Crippen molar-refractivity contribution in [1.29, 1.82) is 0 Å². The van der Waals surface area contributed by atoms with Crippen LogP contribution in [-0.4, -0.2) is 74.9 Å². The summed E-state index contributed by atoms with van der Waals surface area (Å²) in [6.07, 6.45) is 0. The largest absolute Gasteiger partial charge is 0.462 e. The second kappa shape index (κ2) is 8.96. The van der Waals surface area contributed by atoms with Gasteiger partial charge in [-0.3, -0.25) is 9.59 Å². The molecule has 0 spiro atoms. The molecule has 1 aliphatic heterocycles. The first-order valence-corrected chi connectivity index (χ1v) is 9.88. The Morgan fingerprint density at radius 1 is 1.00 bits per heavy atom. The molecule has 9 nitrogen and oxygen atoms in total. The van der Waals surface area contributed by atoms with Crippen molar-refractivity contribution >= 4 is 27.9 Å². The number of sulfonamides is 1. The third-order valence-corrected chi connectivity index (χ3v) is 5.91. The lowest BCUT2D eigenvalue weighted by Gasteiger charge is -2.33. The second-order valence-corrected chi connectivity index (χ2v) is 7.75. The maximum atomic E-state index is 12.7. The molecule has 1 amide bonds. The van der Waals surface area contributed by atoms with Gasteiger partial charge in [0.05, 0.1) is 17.1 Å². The minimum Gasteiger partial charge on any atom is -0.462 e. The summed E-state index contributed by atoms with van der Waals surface area (Å²) in [7, 11) is -3.73. The van der Waals surface area contributed by atoms with Crippen molar-refractivity contribution < 1.29 is 32.3 Å². The predicted molar refractivity (Wildman–Crippen MR) is 94.4 cm³/mol. The molecule has 1 saturated heterocycles. The maximum Gasteiger partial charge on any atom is 0.338 e. The molecular formula is C17H22N2O7S. The van der Waals surface area contributed by atoms with Crippen LogP contribution in [-0.2, 0) is 29.1 Å². The van der Waals surface area contributed by atoms with E-state index in [1.54, 1.807) is 6.92 Å². The highest BCUT2D eigenvalue weighted by atomic mass is 32.2. The van der Waals surface area contributed by atoms with Crippen LogP contribution in [0.25, 0.3) is 0 Å². The molecule has 1 fully saturated rings. The van der Waals surface area contributed by atoms with Crippen molar-refractivity contribution in [3.05, 3.63) is 29.8 Å². The monoisotopic (exact) mass is 398 g/mol. The van der Waals surface area contributed by atoms with E-state index in [-0.39, 0.29) is 55.8 Å². The highest BCUT2D eigenvalue weighted by Gasteiger charge is 2.30. The van der Waals surface area contributed by atoms with Gasteiger partial charge >= 0.3 is 11.9 Å². The van der Waals surface area contributed by atoms with E-state index in [9.17, 15) is 22.8 Å². The Morgan fingerprint density at radius 2 is 1.59 bits per heavy atom. The first-order valence-electron chi connectivity index (χ1n) is 8.44. The quantitative estimate of drug-likeness (QED) is 0.632. The standard InChI is InChI=1S/C17H22N2O7S/c1-3-25-17(22)14-4-6-15(7-5-14)27(23,24)19-10-8-18(9-11-19)16(21)12-26-13(2)20/h4-7H,3,8-12H2,1-2H3. The van der Waals surface area contributed by atoms with Crippen LogP contribution in [0.5, 0.6) is 0 Å². The van der Waals surface area contributed by atoms with Crippen LogP contribution >= 0.6 is 0 Å². The van der Waals surface area contributed by atoms with Crippen LogP contribution in [0.2, 0.25) is 0 Å². The van der Waals surface area contributed by atoms with E-state index in [2.05, 4.69) is 4.74 Å². The van der Waals surface area contributed by atoms with Gasteiger partial charge in [0.2, 0.25) is 10.0 Å². The average molecular weight is 398 g/mol. The van der Waals surface area contributed by atoms with Gasteiger partial charge in [-0.25, -0.2) is 13.2 Å². The van der Waals surface area contributed by atoms with E-state index in [1.807, 2.05) is 0 Å². The molecule has 1 aromatic rings. The first-order chi connectivity index (χ1) is 12.8. The van der Waals surface area contributed by atoms with Crippen molar-refractivity contribution in [1.82, 2.24) is 9.21 Å². The number of carbonyl (C=O) groups is 3. The first kappa shape index (κ1) is 20.8. The number of hydrogen-bond donors (Lipinski definition) is 0. The summed E-state index contributed by atoms with van der Waals surface area (Å²) < 4.78 is 36.3. The van der Waals surface area contributed by atoms with Gasteiger partial charge in [-0.1, -0.05) is 0 Å². The molecule has 1 heterocycles. The van der Waals surface area contributed by atoms with Crippen molar-refractivity contribution in [3.8, 4) is 0 Å². The molecule has 0 radical (unpaired) electrons. The zero-order valence-electron chi connectivity index (χ0n) is 15.2. The molecule has 10 heteroatoms. The zero-order valence-corrected chi connectivity index (χ0v) is 16.0. The maximum absolute atomic E-state index is 12.7. The van der Waals surface area contributed by atoms with Gasteiger partial charge in [0.15, 0.2) is 6.61 Å². The summed E-state index contributed by atoms with van der Waals surface area (Å²) in [6, 6.07) is 5.53. The van der Waals surface area contributed by atoms with Crippen molar-refractivity contribution in [3.63, 3.8) is 0 Å². The SMILES string of the molecule is CCOC(=O)c1ccc(S(=O)(=O)N2CCN(C(=O)COC(C)=O)CC2)cc1. The molecular weight excluding hydrogens is 376 g/mol. The minimum atomic E-state index is -3.73.